The molecule has 3 amide bonds. The van der Waals surface area contributed by atoms with Crippen LogP contribution in [0.1, 0.15) is 22.5 Å². The van der Waals surface area contributed by atoms with Crippen LogP contribution in [0.2, 0.25) is 5.02 Å². The monoisotopic (exact) mass is 525 g/mol. The molecule has 184 valence electrons. The molecule has 1 aromatic heterocycles. The van der Waals surface area contributed by atoms with Gasteiger partial charge in [-0.25, -0.2) is 0 Å². The van der Waals surface area contributed by atoms with Gasteiger partial charge in [0, 0.05) is 23.4 Å². The first-order valence-electron chi connectivity index (χ1n) is 10.7. The number of anilines is 1. The number of nitro groups is 1. The van der Waals surface area contributed by atoms with Crippen molar-refractivity contribution >= 4 is 57.9 Å². The van der Waals surface area contributed by atoms with E-state index in [0.717, 1.165) is 21.6 Å². The summed E-state index contributed by atoms with van der Waals surface area (Å²) in [4.78, 5) is 49.4. The third-order valence-corrected chi connectivity index (χ3v) is 6.67. The van der Waals surface area contributed by atoms with Crippen LogP contribution in [0.4, 0.5) is 16.2 Å². The summed E-state index contributed by atoms with van der Waals surface area (Å²) in [5, 5.41) is 13.4. The molecule has 2 aromatic carbocycles. The molecule has 9 nitrogen and oxygen atoms in total. The summed E-state index contributed by atoms with van der Waals surface area (Å²) in [5.74, 6) is -0.511. The zero-order valence-electron chi connectivity index (χ0n) is 19.5. The summed E-state index contributed by atoms with van der Waals surface area (Å²) in [5.41, 5.74) is 3.65. The van der Waals surface area contributed by atoms with Crippen molar-refractivity contribution in [1.29, 1.82) is 0 Å². The highest BCUT2D eigenvalue weighted by Crippen LogP contribution is 2.35. The normalized spacial score (nSPS) is 14.6. The molecular weight excluding hydrogens is 506 g/mol. The van der Waals surface area contributed by atoms with Gasteiger partial charge in [-0.2, -0.15) is 0 Å². The fraction of sp³-hybridized carbons (Fsp3) is 0.160. The van der Waals surface area contributed by atoms with E-state index in [4.69, 9.17) is 16.0 Å². The van der Waals surface area contributed by atoms with Crippen LogP contribution in [0.15, 0.2) is 51.8 Å². The summed E-state index contributed by atoms with van der Waals surface area (Å²) in [6, 6.07) is 11.3. The molecule has 1 aliphatic heterocycles. The van der Waals surface area contributed by atoms with Gasteiger partial charge in [-0.15, -0.1) is 0 Å². The summed E-state index contributed by atoms with van der Waals surface area (Å²) >= 11 is 6.55. The summed E-state index contributed by atoms with van der Waals surface area (Å²) < 4.78 is 5.70. The predicted molar refractivity (Wildman–Crippen MR) is 138 cm³/mol. The molecule has 0 spiro atoms. The number of amides is 3. The van der Waals surface area contributed by atoms with Gasteiger partial charge in [0.25, 0.3) is 16.8 Å². The highest BCUT2D eigenvalue weighted by atomic mass is 35.5. The third-order valence-electron chi connectivity index (χ3n) is 5.44. The van der Waals surface area contributed by atoms with Crippen LogP contribution in [0, 0.1) is 30.9 Å². The van der Waals surface area contributed by atoms with E-state index in [-0.39, 0.29) is 21.4 Å². The number of imide groups is 1. The van der Waals surface area contributed by atoms with Gasteiger partial charge in [0.05, 0.1) is 9.83 Å². The number of rotatable bonds is 6. The van der Waals surface area contributed by atoms with Crippen LogP contribution in [0.5, 0.6) is 0 Å². The number of benzene rings is 2. The Labute approximate surface area is 215 Å². The summed E-state index contributed by atoms with van der Waals surface area (Å²) in [6.07, 6.45) is 1.39. The second-order valence-corrected chi connectivity index (χ2v) is 9.62. The SMILES string of the molecule is Cc1cc(C)c(NC(=O)CN2C(=O)S/C(=C/c3ccc(-c4ccc(Cl)c([N+](=O)[O-])c4)o3)C2=O)c(C)c1. The maximum Gasteiger partial charge on any atom is 0.294 e. The fourth-order valence-electron chi connectivity index (χ4n) is 3.86. The van der Waals surface area contributed by atoms with Gasteiger partial charge in [0.1, 0.15) is 23.1 Å². The molecule has 1 aliphatic rings. The molecule has 11 heteroatoms. The largest absolute Gasteiger partial charge is 0.457 e. The Morgan fingerprint density at radius 2 is 1.83 bits per heavy atom. The van der Waals surface area contributed by atoms with Gasteiger partial charge >= 0.3 is 0 Å². The third kappa shape index (κ3) is 5.19. The summed E-state index contributed by atoms with van der Waals surface area (Å²) in [6.45, 7) is 5.28. The number of carbonyl (C=O) groups is 3. The highest BCUT2D eigenvalue weighted by molar-refractivity contribution is 8.18. The minimum Gasteiger partial charge on any atom is -0.457 e. The molecule has 1 saturated heterocycles. The first kappa shape index (κ1) is 25.2. The maximum absolute atomic E-state index is 12.8. The molecule has 0 unspecified atom stereocenters. The van der Waals surface area contributed by atoms with Crippen LogP contribution < -0.4 is 5.32 Å². The van der Waals surface area contributed by atoms with E-state index in [1.807, 2.05) is 32.9 Å². The zero-order valence-corrected chi connectivity index (χ0v) is 21.0. The minimum atomic E-state index is -0.613. The molecule has 0 radical (unpaired) electrons. The molecule has 0 saturated carbocycles. The van der Waals surface area contributed by atoms with Gasteiger partial charge in [0.15, 0.2) is 0 Å². The first-order chi connectivity index (χ1) is 17.0. The van der Waals surface area contributed by atoms with E-state index in [9.17, 15) is 24.5 Å². The topological polar surface area (TPSA) is 123 Å². The van der Waals surface area contributed by atoms with Crippen LogP contribution in [-0.4, -0.2) is 33.4 Å². The predicted octanol–water partition coefficient (Wildman–Crippen LogP) is 6.11. The number of nitrogens with one attached hydrogen (secondary N) is 1. The number of hydrogen-bond acceptors (Lipinski definition) is 7. The number of carbonyl (C=O) groups excluding carboxylic acids is 3. The van der Waals surface area contributed by atoms with Gasteiger partial charge < -0.3 is 9.73 Å². The van der Waals surface area contributed by atoms with Crippen LogP contribution in [0.25, 0.3) is 17.4 Å². The lowest BCUT2D eigenvalue weighted by molar-refractivity contribution is -0.384. The molecule has 0 bridgehead atoms. The number of thioether (sulfide) groups is 1. The Morgan fingerprint density at radius 1 is 1.14 bits per heavy atom. The van der Waals surface area contributed by atoms with Crippen molar-refractivity contribution < 1.29 is 23.7 Å². The van der Waals surface area contributed by atoms with E-state index >= 15 is 0 Å². The number of furan rings is 1. The summed E-state index contributed by atoms with van der Waals surface area (Å²) in [7, 11) is 0. The Balaban J connectivity index is 1.48. The van der Waals surface area contributed by atoms with Crippen LogP contribution >= 0.6 is 23.4 Å². The first-order valence-corrected chi connectivity index (χ1v) is 11.9. The standard InChI is InChI=1S/C25H20ClN3O6S/c1-13-8-14(2)23(15(3)9-13)27-22(30)12-28-24(31)21(36-25(28)32)11-17-5-7-20(35-17)16-4-6-18(26)19(10-16)29(33)34/h4-11H,12H2,1-3H3,(H,27,30)/b21-11+. The van der Waals surface area contributed by atoms with Crippen molar-refractivity contribution in [3.8, 4) is 11.3 Å². The zero-order chi connectivity index (χ0) is 26.1. The van der Waals surface area contributed by atoms with E-state index < -0.39 is 28.5 Å². The second kappa shape index (κ2) is 10.00. The van der Waals surface area contributed by atoms with Crippen molar-refractivity contribution in [2.45, 2.75) is 20.8 Å². The molecule has 36 heavy (non-hydrogen) atoms. The van der Waals surface area contributed by atoms with E-state index in [0.29, 0.717) is 28.8 Å². The van der Waals surface area contributed by atoms with Crippen LogP contribution in [-0.2, 0) is 9.59 Å². The van der Waals surface area contributed by atoms with Crippen molar-refractivity contribution in [2.24, 2.45) is 0 Å². The van der Waals surface area contributed by atoms with Crippen molar-refractivity contribution in [3.05, 3.63) is 85.0 Å². The second-order valence-electron chi connectivity index (χ2n) is 8.22. The molecule has 2 heterocycles. The Bertz CT molecular complexity index is 1440. The molecule has 1 fully saturated rings. The lowest BCUT2D eigenvalue weighted by Crippen LogP contribution is -2.36. The van der Waals surface area contributed by atoms with E-state index in [2.05, 4.69) is 5.32 Å². The lowest BCUT2D eigenvalue weighted by atomic mass is 10.1. The van der Waals surface area contributed by atoms with Crippen molar-refractivity contribution in [1.82, 2.24) is 4.90 Å². The number of aryl methyl sites for hydroxylation is 3. The quantitative estimate of drug-likeness (QED) is 0.234. The average molecular weight is 526 g/mol. The molecule has 4 rings (SSSR count). The maximum atomic E-state index is 12.8. The number of nitrogens with zero attached hydrogens (tertiary/aromatic N) is 2. The lowest BCUT2D eigenvalue weighted by Gasteiger charge is -2.15. The van der Waals surface area contributed by atoms with Gasteiger partial charge in [-0.3, -0.25) is 29.4 Å². The molecule has 0 atom stereocenters. The molecular formula is C25H20ClN3O6S. The number of hydrogen-bond donors (Lipinski definition) is 1. The number of halogens is 1. The molecule has 1 N–H and O–H groups in total. The van der Waals surface area contributed by atoms with Gasteiger partial charge in [0.2, 0.25) is 5.91 Å². The van der Waals surface area contributed by atoms with Gasteiger partial charge in [-0.05, 0) is 67.9 Å². The van der Waals surface area contributed by atoms with Gasteiger partial charge in [-0.1, -0.05) is 29.3 Å². The minimum absolute atomic E-state index is 0.000870. The fourth-order valence-corrected chi connectivity index (χ4v) is 4.86. The van der Waals surface area contributed by atoms with Crippen molar-refractivity contribution in [2.75, 3.05) is 11.9 Å². The van der Waals surface area contributed by atoms with E-state index in [1.54, 1.807) is 18.2 Å². The molecule has 0 aliphatic carbocycles. The van der Waals surface area contributed by atoms with E-state index in [1.165, 1.54) is 18.2 Å². The van der Waals surface area contributed by atoms with Crippen LogP contribution in [0.3, 0.4) is 0 Å². The average Bonchev–Trinajstić information content (AvgIpc) is 3.36. The Hall–Kier alpha value is -3.89. The molecule has 3 aromatic rings. The Kier molecular flexibility index (Phi) is 7.00. The number of nitro benzene ring substituents is 1. The highest BCUT2D eigenvalue weighted by Gasteiger charge is 2.36. The van der Waals surface area contributed by atoms with Crippen molar-refractivity contribution in [3.63, 3.8) is 0 Å². The Morgan fingerprint density at radius 3 is 2.50 bits per heavy atom. The smallest absolute Gasteiger partial charge is 0.294 e.